The molecule has 1 aromatic heterocycles. The highest BCUT2D eigenvalue weighted by atomic mass is 32.2. The molecule has 0 aliphatic heterocycles. The zero-order chi connectivity index (χ0) is 17.7. The normalized spacial score (nSPS) is 11.5. The summed E-state index contributed by atoms with van der Waals surface area (Å²) in [4.78, 5) is 16.3. The summed E-state index contributed by atoms with van der Waals surface area (Å²) in [7, 11) is -3.52. The standard InChI is InChI=1S/C17H21N3O3S/c1-13-6-4-8-16(14(13)2)19-17(21)12-20(24(3,22)23)11-15-7-5-9-18-10-15/h4-10H,11-12H2,1-3H3,(H,19,21). The molecule has 2 aromatic rings. The molecule has 0 aliphatic rings. The first-order valence-electron chi connectivity index (χ1n) is 7.47. The number of anilines is 1. The number of aromatic nitrogens is 1. The molecule has 1 amide bonds. The number of hydrogen-bond donors (Lipinski definition) is 1. The van der Waals surface area contributed by atoms with Gasteiger partial charge in [0.05, 0.1) is 12.8 Å². The average molecular weight is 347 g/mol. The summed E-state index contributed by atoms with van der Waals surface area (Å²) in [5, 5.41) is 2.78. The quantitative estimate of drug-likeness (QED) is 0.868. The van der Waals surface area contributed by atoms with Gasteiger partial charge in [-0.25, -0.2) is 8.42 Å². The zero-order valence-corrected chi connectivity index (χ0v) is 14.8. The first-order valence-corrected chi connectivity index (χ1v) is 9.32. The maximum absolute atomic E-state index is 12.3. The van der Waals surface area contributed by atoms with Gasteiger partial charge in [0.15, 0.2) is 0 Å². The second-order valence-corrected chi connectivity index (χ2v) is 7.67. The first kappa shape index (κ1) is 18.1. The lowest BCUT2D eigenvalue weighted by molar-refractivity contribution is -0.116. The highest BCUT2D eigenvalue weighted by molar-refractivity contribution is 7.88. The van der Waals surface area contributed by atoms with Gasteiger partial charge in [-0.05, 0) is 42.7 Å². The minimum atomic E-state index is -3.52. The van der Waals surface area contributed by atoms with E-state index < -0.39 is 10.0 Å². The van der Waals surface area contributed by atoms with Crippen molar-refractivity contribution in [3.8, 4) is 0 Å². The van der Waals surface area contributed by atoms with Crippen LogP contribution >= 0.6 is 0 Å². The number of carbonyl (C=O) groups is 1. The van der Waals surface area contributed by atoms with E-state index >= 15 is 0 Å². The van der Waals surface area contributed by atoms with Crippen molar-refractivity contribution in [2.45, 2.75) is 20.4 Å². The van der Waals surface area contributed by atoms with Crippen molar-refractivity contribution in [2.24, 2.45) is 0 Å². The fourth-order valence-corrected chi connectivity index (χ4v) is 2.96. The minimum absolute atomic E-state index is 0.104. The van der Waals surface area contributed by atoms with Gasteiger partial charge in [0.1, 0.15) is 0 Å². The molecule has 7 heteroatoms. The predicted molar refractivity (Wildman–Crippen MR) is 94.0 cm³/mol. The van der Waals surface area contributed by atoms with Crippen LogP contribution in [0.15, 0.2) is 42.7 Å². The van der Waals surface area contributed by atoms with Crippen molar-refractivity contribution in [1.29, 1.82) is 0 Å². The molecule has 0 radical (unpaired) electrons. The van der Waals surface area contributed by atoms with Crippen LogP contribution in [0.5, 0.6) is 0 Å². The number of amides is 1. The Morgan fingerprint density at radius 1 is 1.21 bits per heavy atom. The molecule has 0 aliphatic carbocycles. The molecule has 0 fully saturated rings. The number of carbonyl (C=O) groups excluding carboxylic acids is 1. The zero-order valence-electron chi connectivity index (χ0n) is 14.0. The van der Waals surface area contributed by atoms with Crippen LogP contribution in [0, 0.1) is 13.8 Å². The molecule has 0 saturated heterocycles. The van der Waals surface area contributed by atoms with E-state index in [2.05, 4.69) is 10.3 Å². The second-order valence-electron chi connectivity index (χ2n) is 5.69. The van der Waals surface area contributed by atoms with Gasteiger partial charge < -0.3 is 5.32 Å². The SMILES string of the molecule is Cc1cccc(NC(=O)CN(Cc2cccnc2)S(C)(=O)=O)c1C. The van der Waals surface area contributed by atoms with Gasteiger partial charge in [0.2, 0.25) is 15.9 Å². The number of hydrogen-bond acceptors (Lipinski definition) is 4. The fraction of sp³-hybridized carbons (Fsp3) is 0.294. The van der Waals surface area contributed by atoms with Crippen LogP contribution in [0.1, 0.15) is 16.7 Å². The second kappa shape index (κ2) is 7.55. The van der Waals surface area contributed by atoms with Crippen LogP contribution in [0.2, 0.25) is 0 Å². The van der Waals surface area contributed by atoms with Crippen molar-refractivity contribution in [3.05, 3.63) is 59.4 Å². The summed E-state index contributed by atoms with van der Waals surface area (Å²) in [6.07, 6.45) is 4.29. The van der Waals surface area contributed by atoms with Crippen LogP contribution in [-0.4, -0.2) is 36.4 Å². The van der Waals surface area contributed by atoms with Crippen molar-refractivity contribution < 1.29 is 13.2 Å². The lowest BCUT2D eigenvalue weighted by Crippen LogP contribution is -2.37. The maximum Gasteiger partial charge on any atom is 0.239 e. The summed E-state index contributed by atoms with van der Waals surface area (Å²) in [6, 6.07) is 9.10. The van der Waals surface area contributed by atoms with E-state index in [1.807, 2.05) is 26.0 Å². The Morgan fingerprint density at radius 2 is 1.96 bits per heavy atom. The number of pyridine rings is 1. The third-order valence-electron chi connectivity index (χ3n) is 3.75. The Kier molecular flexibility index (Phi) is 5.69. The van der Waals surface area contributed by atoms with Gasteiger partial charge in [0, 0.05) is 24.6 Å². The molecule has 0 spiro atoms. The molecule has 128 valence electrons. The number of sulfonamides is 1. The van der Waals surface area contributed by atoms with Gasteiger partial charge in [-0.15, -0.1) is 0 Å². The maximum atomic E-state index is 12.3. The van der Waals surface area contributed by atoms with Crippen LogP contribution in [0.3, 0.4) is 0 Å². The Bertz CT molecular complexity index is 820. The smallest absolute Gasteiger partial charge is 0.239 e. The minimum Gasteiger partial charge on any atom is -0.325 e. The number of benzene rings is 1. The Labute approximate surface area is 142 Å². The van der Waals surface area contributed by atoms with Crippen molar-refractivity contribution in [2.75, 3.05) is 18.1 Å². The third-order valence-corrected chi connectivity index (χ3v) is 4.95. The van der Waals surface area contributed by atoms with E-state index in [-0.39, 0.29) is 19.0 Å². The van der Waals surface area contributed by atoms with E-state index in [0.717, 1.165) is 27.3 Å². The van der Waals surface area contributed by atoms with E-state index in [1.54, 1.807) is 30.6 Å². The molecule has 24 heavy (non-hydrogen) atoms. The van der Waals surface area contributed by atoms with Crippen LogP contribution in [-0.2, 0) is 21.4 Å². The molecule has 0 bridgehead atoms. The monoisotopic (exact) mass is 347 g/mol. The van der Waals surface area contributed by atoms with Gasteiger partial charge in [-0.3, -0.25) is 9.78 Å². The summed E-state index contributed by atoms with van der Waals surface area (Å²) in [6.45, 7) is 3.72. The molecule has 0 saturated carbocycles. The summed E-state index contributed by atoms with van der Waals surface area (Å²) in [5.74, 6) is -0.377. The lowest BCUT2D eigenvalue weighted by Gasteiger charge is -2.20. The Hall–Kier alpha value is -2.25. The molecule has 1 heterocycles. The topological polar surface area (TPSA) is 79.4 Å². The highest BCUT2D eigenvalue weighted by Crippen LogP contribution is 2.18. The van der Waals surface area contributed by atoms with Crippen molar-refractivity contribution in [1.82, 2.24) is 9.29 Å². The van der Waals surface area contributed by atoms with Gasteiger partial charge >= 0.3 is 0 Å². The Morgan fingerprint density at radius 3 is 2.58 bits per heavy atom. The van der Waals surface area contributed by atoms with Crippen LogP contribution in [0.25, 0.3) is 0 Å². The van der Waals surface area contributed by atoms with E-state index in [9.17, 15) is 13.2 Å². The molecular weight excluding hydrogens is 326 g/mol. The van der Waals surface area contributed by atoms with Crippen LogP contribution < -0.4 is 5.32 Å². The molecule has 1 aromatic carbocycles. The number of rotatable bonds is 6. The lowest BCUT2D eigenvalue weighted by atomic mass is 10.1. The molecule has 0 atom stereocenters. The number of aryl methyl sites for hydroxylation is 1. The molecular formula is C17H21N3O3S. The summed E-state index contributed by atoms with van der Waals surface area (Å²) < 4.78 is 25.1. The van der Waals surface area contributed by atoms with Crippen molar-refractivity contribution >= 4 is 21.6 Å². The van der Waals surface area contributed by atoms with Gasteiger partial charge in [-0.1, -0.05) is 18.2 Å². The summed E-state index contributed by atoms with van der Waals surface area (Å²) >= 11 is 0. The summed E-state index contributed by atoms with van der Waals surface area (Å²) in [5.41, 5.74) is 3.43. The molecule has 0 unspecified atom stereocenters. The number of nitrogens with one attached hydrogen (secondary N) is 1. The van der Waals surface area contributed by atoms with Crippen molar-refractivity contribution in [3.63, 3.8) is 0 Å². The van der Waals surface area contributed by atoms with Gasteiger partial charge in [-0.2, -0.15) is 4.31 Å². The van der Waals surface area contributed by atoms with E-state index in [1.165, 1.54) is 0 Å². The van der Waals surface area contributed by atoms with E-state index in [4.69, 9.17) is 0 Å². The first-order chi connectivity index (χ1) is 11.3. The molecule has 2 rings (SSSR count). The fourth-order valence-electron chi connectivity index (χ4n) is 2.22. The largest absolute Gasteiger partial charge is 0.325 e. The third kappa shape index (κ3) is 4.87. The predicted octanol–water partition coefficient (Wildman–Crippen LogP) is 2.10. The molecule has 6 nitrogen and oxygen atoms in total. The van der Waals surface area contributed by atoms with Gasteiger partial charge in [0.25, 0.3) is 0 Å². The number of nitrogens with zero attached hydrogens (tertiary/aromatic N) is 2. The van der Waals surface area contributed by atoms with E-state index in [0.29, 0.717) is 5.69 Å². The van der Waals surface area contributed by atoms with Crippen LogP contribution in [0.4, 0.5) is 5.69 Å². The molecule has 1 N–H and O–H groups in total. The Balaban J connectivity index is 2.12. The highest BCUT2D eigenvalue weighted by Gasteiger charge is 2.21. The average Bonchev–Trinajstić information content (AvgIpc) is 2.51.